The third kappa shape index (κ3) is 3.57. The third-order valence-electron chi connectivity index (χ3n) is 5.31. The van der Waals surface area contributed by atoms with Gasteiger partial charge >= 0.3 is 5.97 Å². The Bertz CT molecular complexity index is 1440. The highest BCUT2D eigenvalue weighted by molar-refractivity contribution is 6.31. The number of hydrogen-bond donors (Lipinski definition) is 0. The molecule has 158 valence electrons. The lowest BCUT2D eigenvalue weighted by Gasteiger charge is -2.06. The molecule has 3 aromatic carbocycles. The van der Waals surface area contributed by atoms with E-state index < -0.39 is 5.97 Å². The molecule has 0 unspecified atom stereocenters. The lowest BCUT2D eigenvalue weighted by atomic mass is 10.0. The highest BCUT2D eigenvalue weighted by Crippen LogP contribution is 2.38. The molecule has 0 saturated heterocycles. The first kappa shape index (κ1) is 20.1. The van der Waals surface area contributed by atoms with Crippen LogP contribution in [0, 0.1) is 13.8 Å². The van der Waals surface area contributed by atoms with E-state index in [1.165, 1.54) is 6.07 Å². The van der Waals surface area contributed by atoms with E-state index in [0.29, 0.717) is 32.9 Å². The molecule has 0 bridgehead atoms. The van der Waals surface area contributed by atoms with Gasteiger partial charge < -0.3 is 13.9 Å². The Balaban J connectivity index is 1.42. The molecule has 0 N–H and O–H groups in total. The number of furan rings is 1. The Kier molecular flexibility index (Phi) is 4.83. The van der Waals surface area contributed by atoms with Crippen LogP contribution in [-0.4, -0.2) is 11.8 Å². The summed E-state index contributed by atoms with van der Waals surface area (Å²) in [6, 6.07) is 17.6. The van der Waals surface area contributed by atoms with Gasteiger partial charge in [-0.1, -0.05) is 35.9 Å². The third-order valence-corrected chi connectivity index (χ3v) is 5.54. The molecular weight excluding hydrogens is 428 g/mol. The molecule has 0 fully saturated rings. The monoisotopic (exact) mass is 444 g/mol. The van der Waals surface area contributed by atoms with E-state index >= 15 is 0 Å². The van der Waals surface area contributed by atoms with Crippen LogP contribution >= 0.6 is 11.6 Å². The minimum absolute atomic E-state index is 0.0533. The minimum atomic E-state index is -0.656. The second-order valence-corrected chi connectivity index (χ2v) is 8.03. The molecule has 0 radical (unpaired) electrons. The van der Waals surface area contributed by atoms with Gasteiger partial charge in [0, 0.05) is 16.5 Å². The second kappa shape index (κ2) is 7.70. The number of rotatable bonds is 3. The average Bonchev–Trinajstić information content (AvgIpc) is 3.30. The first-order valence-corrected chi connectivity index (χ1v) is 10.3. The maximum atomic E-state index is 12.9. The van der Waals surface area contributed by atoms with Gasteiger partial charge in [-0.15, -0.1) is 0 Å². The van der Waals surface area contributed by atoms with Crippen LogP contribution in [0.4, 0.5) is 0 Å². The van der Waals surface area contributed by atoms with Crippen molar-refractivity contribution in [3.63, 3.8) is 0 Å². The van der Waals surface area contributed by atoms with Gasteiger partial charge in [0.05, 0.1) is 5.56 Å². The number of Topliss-reactive ketones (excluding diaryl/α,β-unsaturated/α-hetero) is 1. The predicted octanol–water partition coefficient (Wildman–Crippen LogP) is 6.54. The minimum Gasteiger partial charge on any atom is -0.452 e. The Morgan fingerprint density at radius 1 is 1.00 bits per heavy atom. The SMILES string of the molecule is Cc1ccccc1/C=C1\Oc2cc(OC(=O)c3cc4cc(Cl)ccc4o3)cc(C)c2C1=O. The van der Waals surface area contributed by atoms with Crippen molar-refractivity contribution in [2.24, 2.45) is 0 Å². The Labute approximate surface area is 188 Å². The fraction of sp³-hybridized carbons (Fsp3) is 0.0769. The summed E-state index contributed by atoms with van der Waals surface area (Å²) in [7, 11) is 0. The topological polar surface area (TPSA) is 65.7 Å². The van der Waals surface area contributed by atoms with E-state index in [9.17, 15) is 9.59 Å². The molecule has 5 nitrogen and oxygen atoms in total. The molecule has 0 spiro atoms. The summed E-state index contributed by atoms with van der Waals surface area (Å²) in [5, 5.41) is 1.25. The highest BCUT2D eigenvalue weighted by atomic mass is 35.5. The average molecular weight is 445 g/mol. The molecule has 32 heavy (non-hydrogen) atoms. The van der Waals surface area contributed by atoms with Crippen LogP contribution in [0.5, 0.6) is 11.5 Å². The van der Waals surface area contributed by atoms with Crippen LogP contribution in [0.3, 0.4) is 0 Å². The normalized spacial score (nSPS) is 14.0. The van der Waals surface area contributed by atoms with Gasteiger partial charge in [0.2, 0.25) is 11.5 Å². The van der Waals surface area contributed by atoms with Crippen LogP contribution in [0.25, 0.3) is 17.0 Å². The van der Waals surface area contributed by atoms with Crippen molar-refractivity contribution >= 4 is 40.4 Å². The smallest absolute Gasteiger partial charge is 0.379 e. The number of carbonyl (C=O) groups excluding carboxylic acids is 2. The summed E-state index contributed by atoms with van der Waals surface area (Å²) in [4.78, 5) is 25.5. The maximum Gasteiger partial charge on any atom is 0.379 e. The summed E-state index contributed by atoms with van der Waals surface area (Å²) in [6.07, 6.45) is 1.72. The van der Waals surface area contributed by atoms with Crippen molar-refractivity contribution in [1.82, 2.24) is 0 Å². The zero-order chi connectivity index (χ0) is 22.4. The van der Waals surface area contributed by atoms with E-state index in [2.05, 4.69) is 0 Å². The van der Waals surface area contributed by atoms with Gasteiger partial charge in [0.25, 0.3) is 0 Å². The van der Waals surface area contributed by atoms with Crippen LogP contribution in [0.2, 0.25) is 5.02 Å². The number of allylic oxidation sites excluding steroid dienone is 1. The molecule has 0 saturated carbocycles. The van der Waals surface area contributed by atoms with Gasteiger partial charge in [0.15, 0.2) is 5.76 Å². The first-order valence-electron chi connectivity index (χ1n) is 9.95. The number of aryl methyl sites for hydroxylation is 2. The summed E-state index contributed by atoms with van der Waals surface area (Å²) < 4.78 is 16.9. The summed E-state index contributed by atoms with van der Waals surface area (Å²) in [6.45, 7) is 3.74. The molecule has 6 heteroatoms. The van der Waals surface area contributed by atoms with E-state index in [4.69, 9.17) is 25.5 Å². The lowest BCUT2D eigenvalue weighted by Crippen LogP contribution is -2.07. The molecular formula is C26H17ClO5. The van der Waals surface area contributed by atoms with Gasteiger partial charge in [-0.2, -0.15) is 0 Å². The molecule has 0 amide bonds. The maximum absolute atomic E-state index is 12.9. The van der Waals surface area contributed by atoms with Crippen LogP contribution < -0.4 is 9.47 Å². The molecule has 4 aromatic rings. The number of benzene rings is 3. The number of carbonyl (C=O) groups is 2. The molecule has 0 atom stereocenters. The van der Waals surface area contributed by atoms with Crippen molar-refractivity contribution in [1.29, 1.82) is 0 Å². The van der Waals surface area contributed by atoms with Crippen LogP contribution in [0.15, 0.2) is 70.8 Å². The van der Waals surface area contributed by atoms with Crippen molar-refractivity contribution in [3.05, 3.63) is 99.5 Å². The van der Waals surface area contributed by atoms with Crippen LogP contribution in [0.1, 0.15) is 37.6 Å². The molecule has 2 heterocycles. The zero-order valence-electron chi connectivity index (χ0n) is 17.3. The van der Waals surface area contributed by atoms with Gasteiger partial charge in [-0.05, 0) is 66.9 Å². The fourth-order valence-corrected chi connectivity index (χ4v) is 3.88. The molecule has 0 aliphatic carbocycles. The lowest BCUT2D eigenvalue weighted by molar-refractivity contribution is 0.0703. The van der Waals surface area contributed by atoms with Gasteiger partial charge in [-0.25, -0.2) is 4.79 Å². The predicted molar refractivity (Wildman–Crippen MR) is 121 cm³/mol. The molecule has 1 aliphatic rings. The molecule has 5 rings (SSSR count). The van der Waals surface area contributed by atoms with Gasteiger partial charge in [-0.3, -0.25) is 4.79 Å². The number of esters is 1. The molecule has 1 aliphatic heterocycles. The quantitative estimate of drug-likeness (QED) is 0.204. The standard InChI is InChI=1S/C26H17ClO5/c1-14-5-3-4-6-16(14)11-22-25(28)24-15(2)9-19(13-21(24)32-22)30-26(29)23-12-17-10-18(27)7-8-20(17)31-23/h3-13H,1-2H3/b22-11-. The number of hydrogen-bond acceptors (Lipinski definition) is 5. The fourth-order valence-electron chi connectivity index (χ4n) is 3.70. The van der Waals surface area contributed by atoms with E-state index in [0.717, 1.165) is 11.1 Å². The summed E-state index contributed by atoms with van der Waals surface area (Å²) in [5.74, 6) is 0.0424. The Morgan fingerprint density at radius 3 is 2.62 bits per heavy atom. The van der Waals surface area contributed by atoms with E-state index in [-0.39, 0.29) is 23.1 Å². The Hall–Kier alpha value is -3.83. The summed E-state index contributed by atoms with van der Waals surface area (Å²) in [5.41, 5.74) is 3.58. The highest BCUT2D eigenvalue weighted by Gasteiger charge is 2.30. The van der Waals surface area contributed by atoms with Crippen molar-refractivity contribution in [2.75, 3.05) is 0 Å². The first-order chi connectivity index (χ1) is 15.4. The van der Waals surface area contributed by atoms with Crippen molar-refractivity contribution < 1.29 is 23.5 Å². The van der Waals surface area contributed by atoms with Crippen molar-refractivity contribution in [3.8, 4) is 11.5 Å². The number of ether oxygens (including phenoxy) is 2. The molecule has 1 aromatic heterocycles. The largest absolute Gasteiger partial charge is 0.452 e. The van der Waals surface area contributed by atoms with Crippen LogP contribution in [-0.2, 0) is 0 Å². The van der Waals surface area contributed by atoms with E-state index in [1.54, 1.807) is 43.3 Å². The summed E-state index contributed by atoms with van der Waals surface area (Å²) >= 11 is 5.99. The number of ketones is 1. The number of halogens is 1. The number of fused-ring (bicyclic) bond motifs is 2. The second-order valence-electron chi connectivity index (χ2n) is 7.59. The van der Waals surface area contributed by atoms with E-state index in [1.807, 2.05) is 31.2 Å². The van der Waals surface area contributed by atoms with Gasteiger partial charge in [0.1, 0.15) is 17.1 Å². The zero-order valence-corrected chi connectivity index (χ0v) is 18.0. The van der Waals surface area contributed by atoms with Crippen molar-refractivity contribution in [2.45, 2.75) is 13.8 Å². The Morgan fingerprint density at radius 2 is 1.81 bits per heavy atom.